The van der Waals surface area contributed by atoms with E-state index in [4.69, 9.17) is 4.74 Å². The smallest absolute Gasteiger partial charge is 0.273 e. The summed E-state index contributed by atoms with van der Waals surface area (Å²) >= 11 is 0. The van der Waals surface area contributed by atoms with Crippen molar-refractivity contribution in [3.8, 4) is 5.97 Å². The van der Waals surface area contributed by atoms with Gasteiger partial charge in [-0.3, -0.25) is 0 Å². The second kappa shape index (κ2) is 4.95. The molecule has 0 radical (unpaired) electrons. The van der Waals surface area contributed by atoms with Crippen molar-refractivity contribution in [2.75, 3.05) is 6.61 Å². The lowest BCUT2D eigenvalue weighted by Crippen LogP contribution is -2.28. The third-order valence-electron chi connectivity index (χ3n) is 4.27. The molecule has 0 bridgehead atoms. The Balaban J connectivity index is 1.97. The highest BCUT2D eigenvalue weighted by Crippen LogP contribution is 2.46. The number of aliphatic hydroxyl groups is 1. The molecule has 1 aromatic carbocycles. The molecular formula is C14H15BFNO2. The Kier molecular flexibility index (Phi) is 3.30. The lowest BCUT2D eigenvalue weighted by Gasteiger charge is -2.33. The summed E-state index contributed by atoms with van der Waals surface area (Å²) in [5.41, 5.74) is 1.45. The van der Waals surface area contributed by atoms with Crippen LogP contribution < -0.4 is 0 Å². The highest BCUT2D eigenvalue weighted by atomic mass is 19.1. The largest absolute Gasteiger partial charge is 0.386 e. The van der Waals surface area contributed by atoms with Crippen molar-refractivity contribution >= 4 is 6.71 Å². The van der Waals surface area contributed by atoms with Crippen LogP contribution in [0.25, 0.3) is 0 Å². The molecule has 1 N–H and O–H groups in total. The lowest BCUT2D eigenvalue weighted by molar-refractivity contribution is -0.0337. The first-order valence-corrected chi connectivity index (χ1v) is 6.69. The summed E-state index contributed by atoms with van der Waals surface area (Å²) in [5, 5.41) is 19.1. The minimum absolute atomic E-state index is 0.00172. The van der Waals surface area contributed by atoms with Crippen molar-refractivity contribution in [3.05, 3.63) is 35.1 Å². The molecule has 0 aliphatic carbocycles. The van der Waals surface area contributed by atoms with Crippen molar-refractivity contribution in [1.29, 1.82) is 5.26 Å². The van der Waals surface area contributed by atoms with Gasteiger partial charge in [0.2, 0.25) is 0 Å². The van der Waals surface area contributed by atoms with Gasteiger partial charge in [-0.2, -0.15) is 0 Å². The molecule has 2 heterocycles. The van der Waals surface area contributed by atoms with E-state index >= 15 is 0 Å². The van der Waals surface area contributed by atoms with Crippen LogP contribution in [0.15, 0.2) is 18.2 Å². The summed E-state index contributed by atoms with van der Waals surface area (Å²) in [4.78, 5) is 0. The van der Waals surface area contributed by atoms with E-state index in [-0.39, 0.29) is 31.1 Å². The lowest BCUT2D eigenvalue weighted by atomic mass is 9.42. The van der Waals surface area contributed by atoms with E-state index < -0.39 is 6.10 Å². The van der Waals surface area contributed by atoms with Crippen molar-refractivity contribution in [2.24, 2.45) is 0 Å². The molecule has 1 aromatic rings. The number of benzene rings is 1. The van der Waals surface area contributed by atoms with Gasteiger partial charge in [-0.15, -0.1) is 0 Å². The SMILES string of the molecule is N#CB1CCCC1C1OCC(O)c2cc(F)ccc21. The Labute approximate surface area is 112 Å². The Morgan fingerprint density at radius 2 is 2.26 bits per heavy atom. The van der Waals surface area contributed by atoms with Gasteiger partial charge in [-0.25, -0.2) is 9.65 Å². The minimum Gasteiger partial charge on any atom is -0.386 e. The predicted molar refractivity (Wildman–Crippen MR) is 69.2 cm³/mol. The van der Waals surface area contributed by atoms with E-state index in [1.54, 1.807) is 6.07 Å². The van der Waals surface area contributed by atoms with Crippen LogP contribution in [0.4, 0.5) is 4.39 Å². The van der Waals surface area contributed by atoms with Crippen LogP contribution in [-0.2, 0) is 4.74 Å². The minimum atomic E-state index is -0.774. The number of rotatable bonds is 1. The van der Waals surface area contributed by atoms with Gasteiger partial charge in [-0.05, 0) is 29.1 Å². The molecule has 3 unspecified atom stereocenters. The first-order valence-electron chi connectivity index (χ1n) is 6.69. The summed E-state index contributed by atoms with van der Waals surface area (Å²) in [6, 6.07) is 4.46. The molecule has 3 atom stereocenters. The van der Waals surface area contributed by atoms with E-state index in [9.17, 15) is 14.8 Å². The number of hydrogen-bond acceptors (Lipinski definition) is 3. The zero-order valence-corrected chi connectivity index (χ0v) is 10.6. The number of hydrogen-bond donors (Lipinski definition) is 1. The maximum Gasteiger partial charge on any atom is 0.273 e. The monoisotopic (exact) mass is 259 g/mol. The molecule has 5 heteroatoms. The van der Waals surface area contributed by atoms with Crippen molar-refractivity contribution in [1.82, 2.24) is 0 Å². The number of halogens is 1. The Morgan fingerprint density at radius 1 is 1.42 bits per heavy atom. The van der Waals surface area contributed by atoms with E-state index in [1.165, 1.54) is 12.1 Å². The van der Waals surface area contributed by atoms with E-state index in [0.29, 0.717) is 5.56 Å². The molecule has 2 aliphatic rings. The van der Waals surface area contributed by atoms with Crippen molar-refractivity contribution in [3.63, 3.8) is 0 Å². The van der Waals surface area contributed by atoms with Gasteiger partial charge in [0.25, 0.3) is 6.71 Å². The zero-order valence-electron chi connectivity index (χ0n) is 10.6. The second-order valence-corrected chi connectivity index (χ2v) is 5.37. The van der Waals surface area contributed by atoms with Gasteiger partial charge in [0.05, 0.1) is 12.7 Å². The van der Waals surface area contributed by atoms with Gasteiger partial charge < -0.3 is 9.84 Å². The molecule has 1 saturated heterocycles. The molecule has 98 valence electrons. The molecule has 19 heavy (non-hydrogen) atoms. The Hall–Kier alpha value is -1.38. The van der Waals surface area contributed by atoms with E-state index in [0.717, 1.165) is 24.7 Å². The van der Waals surface area contributed by atoms with Crippen LogP contribution in [0, 0.1) is 17.0 Å². The normalized spacial score (nSPS) is 29.9. The van der Waals surface area contributed by atoms with Crippen LogP contribution >= 0.6 is 0 Å². The quantitative estimate of drug-likeness (QED) is 0.789. The molecule has 3 rings (SSSR count). The van der Waals surface area contributed by atoms with Crippen LogP contribution in [0.3, 0.4) is 0 Å². The van der Waals surface area contributed by atoms with E-state index in [2.05, 4.69) is 5.97 Å². The summed E-state index contributed by atoms with van der Waals surface area (Å²) in [7, 11) is 0. The van der Waals surface area contributed by atoms with Crippen molar-refractivity contribution in [2.45, 2.75) is 37.2 Å². The summed E-state index contributed by atoms with van der Waals surface area (Å²) in [6.45, 7) is 0.175. The van der Waals surface area contributed by atoms with Gasteiger partial charge in [0, 0.05) is 5.97 Å². The average molecular weight is 259 g/mol. The molecular weight excluding hydrogens is 244 g/mol. The van der Waals surface area contributed by atoms with Gasteiger partial charge >= 0.3 is 0 Å². The number of aliphatic hydroxyl groups excluding tert-OH is 1. The fourth-order valence-electron chi connectivity index (χ4n) is 3.33. The molecule has 2 aliphatic heterocycles. The predicted octanol–water partition coefficient (Wildman–Crippen LogP) is 2.65. The standard InChI is InChI=1S/C14H15BFNO2/c16-9-3-4-10-11(6-9)13(18)7-19-14(10)12-2-1-5-15(12)8-17/h3-4,6,12-14,18H,1-2,5,7H2. The number of fused-ring (bicyclic) bond motifs is 1. The van der Waals surface area contributed by atoms with Crippen LogP contribution in [-0.4, -0.2) is 18.4 Å². The second-order valence-electron chi connectivity index (χ2n) is 5.37. The zero-order chi connectivity index (χ0) is 13.4. The van der Waals surface area contributed by atoms with Crippen LogP contribution in [0.2, 0.25) is 12.1 Å². The maximum absolute atomic E-state index is 13.3. The number of nitrogens with zero attached hydrogens (tertiary/aromatic N) is 1. The first kappa shape index (κ1) is 12.6. The summed E-state index contributed by atoms with van der Waals surface area (Å²) in [5.74, 6) is 2.16. The Morgan fingerprint density at radius 3 is 3.05 bits per heavy atom. The molecule has 0 spiro atoms. The highest BCUT2D eigenvalue weighted by Gasteiger charge is 2.41. The molecule has 0 amide bonds. The first-order chi connectivity index (χ1) is 9.20. The van der Waals surface area contributed by atoms with Gasteiger partial charge in [-0.1, -0.05) is 25.2 Å². The molecule has 1 fully saturated rings. The third-order valence-corrected chi connectivity index (χ3v) is 4.27. The van der Waals surface area contributed by atoms with Crippen LogP contribution in [0.5, 0.6) is 0 Å². The van der Waals surface area contributed by atoms with Gasteiger partial charge in [0.15, 0.2) is 0 Å². The summed E-state index contributed by atoms with van der Waals surface area (Å²) < 4.78 is 19.1. The molecule has 3 nitrogen and oxygen atoms in total. The maximum atomic E-state index is 13.3. The highest BCUT2D eigenvalue weighted by molar-refractivity contribution is 6.69. The van der Waals surface area contributed by atoms with Crippen molar-refractivity contribution < 1.29 is 14.2 Å². The van der Waals surface area contributed by atoms with Gasteiger partial charge in [0.1, 0.15) is 11.9 Å². The van der Waals surface area contributed by atoms with Crippen LogP contribution in [0.1, 0.15) is 36.2 Å². The summed E-state index contributed by atoms with van der Waals surface area (Å²) in [6.07, 6.45) is 1.92. The topological polar surface area (TPSA) is 53.2 Å². The Bertz CT molecular complexity index is 531. The number of nitriles is 1. The van der Waals surface area contributed by atoms with E-state index in [1.807, 2.05) is 0 Å². The molecule has 0 saturated carbocycles. The number of ether oxygens (including phenoxy) is 1. The average Bonchev–Trinajstić information content (AvgIpc) is 2.88. The molecule has 0 aromatic heterocycles. The fraction of sp³-hybridized carbons (Fsp3) is 0.500. The third kappa shape index (κ3) is 2.15. The fourth-order valence-corrected chi connectivity index (χ4v) is 3.33.